The Morgan fingerprint density at radius 3 is 2.84 bits per heavy atom. The van der Waals surface area contributed by atoms with E-state index in [1.807, 2.05) is 23.9 Å². The molecule has 0 amide bonds. The van der Waals surface area contributed by atoms with Gasteiger partial charge in [0.05, 0.1) is 0 Å². The Labute approximate surface area is 121 Å². The van der Waals surface area contributed by atoms with Crippen molar-refractivity contribution in [3.05, 3.63) is 28.8 Å². The molecule has 2 N–H and O–H groups in total. The summed E-state index contributed by atoms with van der Waals surface area (Å²) in [5.41, 5.74) is 3.80. The number of phenols is 1. The number of nitrogens with one attached hydrogen (secondary N) is 1. The van der Waals surface area contributed by atoms with Gasteiger partial charge in [-0.15, -0.1) is 0 Å². The summed E-state index contributed by atoms with van der Waals surface area (Å²) in [5.74, 6) is 3.28. The van der Waals surface area contributed by atoms with Crippen LogP contribution in [-0.2, 0) is 0 Å². The molecule has 1 aliphatic rings. The van der Waals surface area contributed by atoms with Crippen LogP contribution in [0.3, 0.4) is 0 Å². The highest BCUT2D eigenvalue weighted by molar-refractivity contribution is 7.99. The molecule has 0 spiro atoms. The molecule has 1 aromatic carbocycles. The van der Waals surface area contributed by atoms with Crippen LogP contribution in [0, 0.1) is 6.92 Å². The molecule has 0 saturated carbocycles. The van der Waals surface area contributed by atoms with Crippen LogP contribution in [0.25, 0.3) is 0 Å². The quantitative estimate of drug-likeness (QED) is 0.855. The number of aromatic hydroxyl groups is 1. The highest BCUT2D eigenvalue weighted by Gasteiger charge is 2.32. The summed E-state index contributed by atoms with van der Waals surface area (Å²) >= 11 is 1.96. The second-order valence-electron chi connectivity index (χ2n) is 5.65. The van der Waals surface area contributed by atoms with Crippen LogP contribution < -0.4 is 5.32 Å². The number of phenolic OH excluding ortho intramolecular Hbond substituents is 1. The summed E-state index contributed by atoms with van der Waals surface area (Å²) in [6.07, 6.45) is 1.09. The summed E-state index contributed by atoms with van der Waals surface area (Å²) in [7, 11) is 0. The molecule has 0 heterocycles. The van der Waals surface area contributed by atoms with Crippen LogP contribution in [0.5, 0.6) is 5.75 Å². The minimum Gasteiger partial charge on any atom is -0.508 e. The first-order valence-corrected chi connectivity index (χ1v) is 8.36. The van der Waals surface area contributed by atoms with Crippen LogP contribution in [0.1, 0.15) is 55.8 Å². The van der Waals surface area contributed by atoms with Crippen LogP contribution in [0.2, 0.25) is 0 Å². The third-order valence-electron chi connectivity index (χ3n) is 3.97. The van der Waals surface area contributed by atoms with Crippen LogP contribution in [0.15, 0.2) is 12.1 Å². The summed E-state index contributed by atoms with van der Waals surface area (Å²) in [5, 5.41) is 13.9. The lowest BCUT2D eigenvalue weighted by Crippen LogP contribution is -2.31. The lowest BCUT2D eigenvalue weighted by atomic mass is 9.97. The molecule has 0 saturated heterocycles. The van der Waals surface area contributed by atoms with E-state index in [0.29, 0.717) is 23.8 Å². The minimum absolute atomic E-state index is 0.303. The van der Waals surface area contributed by atoms with Gasteiger partial charge in [-0.25, -0.2) is 0 Å². The third kappa shape index (κ3) is 3.09. The number of benzene rings is 1. The molecule has 3 unspecified atom stereocenters. The van der Waals surface area contributed by atoms with Gasteiger partial charge in [0.25, 0.3) is 0 Å². The van der Waals surface area contributed by atoms with E-state index in [0.717, 1.165) is 23.5 Å². The van der Waals surface area contributed by atoms with Crippen molar-refractivity contribution in [2.75, 3.05) is 11.5 Å². The van der Waals surface area contributed by atoms with Crippen LogP contribution in [0.4, 0.5) is 0 Å². The van der Waals surface area contributed by atoms with E-state index in [9.17, 15) is 5.11 Å². The van der Waals surface area contributed by atoms with Gasteiger partial charge in [-0.3, -0.25) is 0 Å². The standard InChI is InChI=1S/C16H25NOS/c1-5-19-9-12(4)17-13-8-11(3)15-10(2)6-7-14(18)16(13)15/h6-7,11-13,17-18H,5,8-9H2,1-4H3. The molecule has 0 bridgehead atoms. The maximum absolute atomic E-state index is 10.2. The van der Waals surface area contributed by atoms with Gasteiger partial charge in [-0.2, -0.15) is 11.8 Å². The molecule has 19 heavy (non-hydrogen) atoms. The Bertz CT molecular complexity index is 447. The topological polar surface area (TPSA) is 32.3 Å². The predicted octanol–water partition coefficient (Wildman–Crippen LogP) is 3.98. The first kappa shape index (κ1) is 14.7. The first-order valence-electron chi connectivity index (χ1n) is 7.20. The zero-order valence-corrected chi connectivity index (χ0v) is 13.2. The fraction of sp³-hybridized carbons (Fsp3) is 0.625. The highest BCUT2D eigenvalue weighted by Crippen LogP contribution is 2.46. The molecule has 0 fully saturated rings. The summed E-state index contributed by atoms with van der Waals surface area (Å²) in [6, 6.07) is 4.65. The number of aryl methyl sites for hydroxylation is 1. The molecule has 2 nitrogen and oxygen atoms in total. The first-order chi connectivity index (χ1) is 9.04. The van der Waals surface area contributed by atoms with Crippen molar-refractivity contribution in [3.8, 4) is 5.75 Å². The Balaban J connectivity index is 2.17. The number of fused-ring (bicyclic) bond motifs is 1. The van der Waals surface area contributed by atoms with Crippen LogP contribution in [-0.4, -0.2) is 22.7 Å². The van der Waals surface area contributed by atoms with E-state index < -0.39 is 0 Å². The summed E-state index contributed by atoms with van der Waals surface area (Å²) < 4.78 is 0. The van der Waals surface area contributed by atoms with Gasteiger partial charge in [-0.1, -0.05) is 19.9 Å². The lowest BCUT2D eigenvalue weighted by Gasteiger charge is -2.21. The van der Waals surface area contributed by atoms with Crippen molar-refractivity contribution in [2.45, 2.75) is 52.1 Å². The van der Waals surface area contributed by atoms with Crippen molar-refractivity contribution in [1.82, 2.24) is 5.32 Å². The fourth-order valence-electron chi connectivity index (χ4n) is 3.18. The van der Waals surface area contributed by atoms with Gasteiger partial charge >= 0.3 is 0 Å². The second-order valence-corrected chi connectivity index (χ2v) is 6.96. The van der Waals surface area contributed by atoms with E-state index in [1.54, 1.807) is 0 Å². The molecule has 106 valence electrons. The minimum atomic E-state index is 0.303. The molecule has 0 aromatic heterocycles. The molecule has 1 aromatic rings. The van der Waals surface area contributed by atoms with Gasteiger partial charge in [0.1, 0.15) is 5.75 Å². The maximum Gasteiger partial charge on any atom is 0.120 e. The molecule has 1 aliphatic carbocycles. The number of thioether (sulfide) groups is 1. The Hall–Kier alpha value is -0.670. The number of rotatable bonds is 5. The second kappa shape index (κ2) is 6.19. The molecule has 3 atom stereocenters. The highest BCUT2D eigenvalue weighted by atomic mass is 32.2. The van der Waals surface area contributed by atoms with E-state index >= 15 is 0 Å². The molecule has 2 rings (SSSR count). The van der Waals surface area contributed by atoms with Crippen LogP contribution >= 0.6 is 11.8 Å². The fourth-order valence-corrected chi connectivity index (χ4v) is 3.87. The van der Waals surface area contributed by atoms with Gasteiger partial charge in [-0.05, 0) is 49.1 Å². The number of hydrogen-bond acceptors (Lipinski definition) is 3. The van der Waals surface area contributed by atoms with Gasteiger partial charge in [0.2, 0.25) is 0 Å². The van der Waals surface area contributed by atoms with E-state index in [4.69, 9.17) is 0 Å². The monoisotopic (exact) mass is 279 g/mol. The normalized spacial score (nSPS) is 23.4. The lowest BCUT2D eigenvalue weighted by molar-refractivity contribution is 0.429. The zero-order chi connectivity index (χ0) is 14.0. The Morgan fingerprint density at radius 1 is 1.42 bits per heavy atom. The number of hydrogen-bond donors (Lipinski definition) is 2. The molecular weight excluding hydrogens is 254 g/mol. The Kier molecular flexibility index (Phi) is 4.80. The average Bonchev–Trinajstić information content (AvgIpc) is 2.69. The van der Waals surface area contributed by atoms with Crippen molar-refractivity contribution < 1.29 is 5.11 Å². The third-order valence-corrected chi connectivity index (χ3v) is 5.11. The van der Waals surface area contributed by atoms with Crippen molar-refractivity contribution in [1.29, 1.82) is 0 Å². The van der Waals surface area contributed by atoms with E-state index in [2.05, 4.69) is 33.0 Å². The average molecular weight is 279 g/mol. The van der Waals surface area contributed by atoms with Crippen molar-refractivity contribution in [3.63, 3.8) is 0 Å². The molecule has 0 radical (unpaired) electrons. The SMILES string of the molecule is CCSCC(C)NC1CC(C)c2c(C)ccc(O)c21. The van der Waals surface area contributed by atoms with E-state index in [1.165, 1.54) is 11.1 Å². The largest absolute Gasteiger partial charge is 0.508 e. The van der Waals surface area contributed by atoms with Gasteiger partial charge in [0.15, 0.2) is 0 Å². The van der Waals surface area contributed by atoms with Crippen molar-refractivity contribution >= 4 is 11.8 Å². The smallest absolute Gasteiger partial charge is 0.120 e. The predicted molar refractivity (Wildman–Crippen MR) is 84.2 cm³/mol. The summed E-state index contributed by atoms with van der Waals surface area (Å²) in [4.78, 5) is 0. The zero-order valence-electron chi connectivity index (χ0n) is 12.4. The van der Waals surface area contributed by atoms with Gasteiger partial charge < -0.3 is 10.4 Å². The Morgan fingerprint density at radius 2 is 2.16 bits per heavy atom. The molecular formula is C16H25NOS. The van der Waals surface area contributed by atoms with Gasteiger partial charge in [0, 0.05) is 23.4 Å². The molecule has 0 aliphatic heterocycles. The molecule has 3 heteroatoms. The maximum atomic E-state index is 10.2. The van der Waals surface area contributed by atoms with E-state index in [-0.39, 0.29) is 0 Å². The summed E-state index contributed by atoms with van der Waals surface area (Å²) in [6.45, 7) is 8.84. The van der Waals surface area contributed by atoms with Crippen molar-refractivity contribution in [2.24, 2.45) is 0 Å².